The summed E-state index contributed by atoms with van der Waals surface area (Å²) in [4.78, 5) is 4.74. The van der Waals surface area contributed by atoms with E-state index in [-0.39, 0.29) is 5.56 Å². The van der Waals surface area contributed by atoms with Gasteiger partial charge in [-0.25, -0.2) is 8.78 Å². The van der Waals surface area contributed by atoms with E-state index in [0.29, 0.717) is 23.4 Å². The Labute approximate surface area is 133 Å². The lowest BCUT2D eigenvalue weighted by Gasteiger charge is -2.26. The van der Waals surface area contributed by atoms with E-state index < -0.39 is 11.6 Å². The maximum atomic E-state index is 13.8. The average molecular weight is 323 g/mol. The second-order valence-electron chi connectivity index (χ2n) is 5.85. The van der Waals surface area contributed by atoms with Crippen molar-refractivity contribution in [3.05, 3.63) is 35.4 Å². The highest BCUT2D eigenvalue weighted by Gasteiger charge is 2.23. The molecule has 2 atom stereocenters. The molecule has 0 aromatic heterocycles. The number of hydrogen-bond donors (Lipinski definition) is 1. The minimum Gasteiger partial charge on any atom is -0.258 e. The third kappa shape index (κ3) is 3.48. The molecule has 3 rings (SSSR count). The lowest BCUT2D eigenvalue weighted by atomic mass is 9.86. The van der Waals surface area contributed by atoms with Gasteiger partial charge in [0.1, 0.15) is 11.6 Å². The van der Waals surface area contributed by atoms with Crippen molar-refractivity contribution in [1.82, 2.24) is 5.43 Å². The van der Waals surface area contributed by atoms with E-state index in [1.54, 1.807) is 0 Å². The van der Waals surface area contributed by atoms with Gasteiger partial charge in [0.05, 0.1) is 11.8 Å². The number of nitrogens with zero attached hydrogens (tertiary/aromatic N) is 2. The van der Waals surface area contributed by atoms with E-state index >= 15 is 0 Å². The zero-order chi connectivity index (χ0) is 15.5. The largest absolute Gasteiger partial charge is 0.258 e. The molecule has 0 amide bonds. The fourth-order valence-corrected chi connectivity index (χ4v) is 3.69. The summed E-state index contributed by atoms with van der Waals surface area (Å²) in [6.07, 6.45) is 4.83. The van der Waals surface area contributed by atoms with E-state index in [2.05, 4.69) is 17.5 Å². The summed E-state index contributed by atoms with van der Waals surface area (Å²) in [5, 5.41) is 4.96. The van der Waals surface area contributed by atoms with Crippen LogP contribution in [-0.2, 0) is 0 Å². The minimum atomic E-state index is -0.459. The molecule has 1 saturated carbocycles. The molecule has 118 valence electrons. The number of amidine groups is 1. The Morgan fingerprint density at radius 1 is 1.27 bits per heavy atom. The highest BCUT2D eigenvalue weighted by Crippen LogP contribution is 2.27. The Balaban J connectivity index is 1.73. The number of rotatable bonds is 2. The number of thioether (sulfide) groups is 1. The van der Waals surface area contributed by atoms with Crippen molar-refractivity contribution in [3.8, 4) is 0 Å². The standard InChI is InChI=1S/C16H19F2N3S/c1-10-4-2-3-5-14(10)19-16-21-20-15(9-22-16)12-8-11(17)6-7-13(12)18/h6-8,10,14H,2-5,9H2,1H3,(H,19,21)/t10-,14+/m0/s1. The normalized spacial score (nSPS) is 27.4. The molecule has 0 radical (unpaired) electrons. The molecule has 1 heterocycles. The summed E-state index contributed by atoms with van der Waals surface area (Å²) in [5.41, 5.74) is 3.62. The van der Waals surface area contributed by atoms with Crippen LogP contribution in [-0.4, -0.2) is 22.7 Å². The van der Waals surface area contributed by atoms with Crippen molar-refractivity contribution in [1.29, 1.82) is 0 Å². The highest BCUT2D eigenvalue weighted by atomic mass is 32.2. The number of nitrogens with one attached hydrogen (secondary N) is 1. The number of benzene rings is 1. The van der Waals surface area contributed by atoms with Gasteiger partial charge in [-0.05, 0) is 37.0 Å². The Kier molecular flexibility index (Phi) is 4.76. The summed E-state index contributed by atoms with van der Waals surface area (Å²) in [7, 11) is 0. The average Bonchev–Trinajstić information content (AvgIpc) is 2.53. The van der Waals surface area contributed by atoms with Crippen molar-refractivity contribution >= 4 is 22.6 Å². The summed E-state index contributed by atoms with van der Waals surface area (Å²) >= 11 is 1.50. The summed E-state index contributed by atoms with van der Waals surface area (Å²) in [5.74, 6) is 0.172. The van der Waals surface area contributed by atoms with Crippen molar-refractivity contribution in [2.45, 2.75) is 38.6 Å². The molecule has 1 aliphatic heterocycles. The molecule has 0 saturated heterocycles. The molecular weight excluding hydrogens is 304 g/mol. The van der Waals surface area contributed by atoms with E-state index in [9.17, 15) is 8.78 Å². The predicted octanol–water partition coefficient (Wildman–Crippen LogP) is 3.94. The van der Waals surface area contributed by atoms with Gasteiger partial charge in [-0.1, -0.05) is 31.5 Å². The van der Waals surface area contributed by atoms with Crippen molar-refractivity contribution in [3.63, 3.8) is 0 Å². The first kappa shape index (κ1) is 15.5. The fourth-order valence-electron chi connectivity index (χ4n) is 2.88. The van der Waals surface area contributed by atoms with Gasteiger partial charge < -0.3 is 0 Å². The van der Waals surface area contributed by atoms with Crippen LogP contribution in [0.3, 0.4) is 0 Å². The molecule has 6 heteroatoms. The monoisotopic (exact) mass is 323 g/mol. The number of aliphatic imine (C=N–C) groups is 1. The van der Waals surface area contributed by atoms with Gasteiger partial charge in [0.2, 0.25) is 0 Å². The molecule has 0 spiro atoms. The first-order valence-corrected chi connectivity index (χ1v) is 8.60. The van der Waals surface area contributed by atoms with E-state index in [1.807, 2.05) is 0 Å². The van der Waals surface area contributed by atoms with Crippen molar-refractivity contribution in [2.24, 2.45) is 16.0 Å². The van der Waals surface area contributed by atoms with Gasteiger partial charge in [0, 0.05) is 11.3 Å². The molecule has 3 nitrogen and oxygen atoms in total. The summed E-state index contributed by atoms with van der Waals surface area (Å²) in [6.45, 7) is 2.23. The molecule has 1 N–H and O–H groups in total. The number of hydrogen-bond acceptors (Lipinski definition) is 3. The van der Waals surface area contributed by atoms with Crippen LogP contribution in [0.2, 0.25) is 0 Å². The molecule has 0 unspecified atom stereocenters. The van der Waals surface area contributed by atoms with Crippen LogP contribution in [0, 0.1) is 17.6 Å². The predicted molar refractivity (Wildman–Crippen MR) is 87.3 cm³/mol. The lowest BCUT2D eigenvalue weighted by molar-refractivity contribution is 0.333. The van der Waals surface area contributed by atoms with Crippen LogP contribution in [0.25, 0.3) is 0 Å². The maximum Gasteiger partial charge on any atom is 0.177 e. The van der Waals surface area contributed by atoms with E-state index in [1.165, 1.54) is 37.1 Å². The van der Waals surface area contributed by atoms with Crippen LogP contribution in [0.1, 0.15) is 38.2 Å². The molecule has 2 aliphatic rings. The molecular formula is C16H19F2N3S. The molecule has 0 bridgehead atoms. The fraction of sp³-hybridized carbons (Fsp3) is 0.500. The molecule has 1 fully saturated rings. The zero-order valence-corrected chi connectivity index (χ0v) is 13.3. The second-order valence-corrected chi connectivity index (χ2v) is 6.81. The quantitative estimate of drug-likeness (QED) is 0.895. The lowest BCUT2D eigenvalue weighted by Crippen LogP contribution is -2.29. The third-order valence-corrected chi connectivity index (χ3v) is 5.11. The zero-order valence-electron chi connectivity index (χ0n) is 12.5. The third-order valence-electron chi connectivity index (χ3n) is 4.22. The van der Waals surface area contributed by atoms with Crippen LogP contribution in [0.4, 0.5) is 8.78 Å². The molecule has 1 aromatic carbocycles. The van der Waals surface area contributed by atoms with Crippen molar-refractivity contribution in [2.75, 3.05) is 5.75 Å². The number of hydrazone groups is 1. The highest BCUT2D eigenvalue weighted by molar-refractivity contribution is 8.14. The SMILES string of the molecule is C[C@H]1CCCC[C@H]1N=C1NN=C(c2cc(F)ccc2F)CS1. The topological polar surface area (TPSA) is 36.8 Å². The summed E-state index contributed by atoms with van der Waals surface area (Å²) < 4.78 is 27.0. The van der Waals surface area contributed by atoms with E-state index in [0.717, 1.165) is 23.7 Å². The minimum absolute atomic E-state index is 0.213. The second kappa shape index (κ2) is 6.77. The molecule has 1 aliphatic carbocycles. The van der Waals surface area contributed by atoms with Gasteiger partial charge >= 0.3 is 0 Å². The maximum absolute atomic E-state index is 13.8. The summed E-state index contributed by atoms with van der Waals surface area (Å²) in [6, 6.07) is 3.76. The van der Waals surface area contributed by atoms with Gasteiger partial charge in [0.25, 0.3) is 0 Å². The Morgan fingerprint density at radius 3 is 2.82 bits per heavy atom. The van der Waals surface area contributed by atoms with Gasteiger partial charge in [-0.2, -0.15) is 5.10 Å². The van der Waals surface area contributed by atoms with Crippen LogP contribution in [0.5, 0.6) is 0 Å². The van der Waals surface area contributed by atoms with Gasteiger partial charge in [0.15, 0.2) is 5.17 Å². The number of halogens is 2. The molecule has 22 heavy (non-hydrogen) atoms. The first-order chi connectivity index (χ1) is 10.6. The van der Waals surface area contributed by atoms with Crippen LogP contribution >= 0.6 is 11.8 Å². The molecule has 1 aromatic rings. The van der Waals surface area contributed by atoms with Crippen LogP contribution < -0.4 is 5.43 Å². The van der Waals surface area contributed by atoms with Gasteiger partial charge in [-0.3, -0.25) is 10.4 Å². The van der Waals surface area contributed by atoms with Crippen molar-refractivity contribution < 1.29 is 8.78 Å². The Hall–Kier alpha value is -1.43. The van der Waals surface area contributed by atoms with E-state index in [4.69, 9.17) is 4.99 Å². The van der Waals surface area contributed by atoms with Gasteiger partial charge in [-0.15, -0.1) is 0 Å². The smallest absolute Gasteiger partial charge is 0.177 e. The Bertz CT molecular complexity index is 615. The van der Waals surface area contributed by atoms with Crippen LogP contribution in [0.15, 0.2) is 28.3 Å². The Morgan fingerprint density at radius 2 is 2.09 bits per heavy atom. The first-order valence-electron chi connectivity index (χ1n) is 7.62.